The fraction of sp³-hybridized carbons (Fsp3) is 0.167. The molecule has 1 heterocycles. The lowest BCUT2D eigenvalue weighted by Gasteiger charge is -2.13. The van der Waals surface area contributed by atoms with Crippen molar-refractivity contribution in [1.29, 1.82) is 0 Å². The van der Waals surface area contributed by atoms with Crippen LogP contribution in [0.3, 0.4) is 0 Å². The van der Waals surface area contributed by atoms with Crippen molar-refractivity contribution in [2.75, 3.05) is 17.2 Å². The van der Waals surface area contributed by atoms with Gasteiger partial charge in [-0.25, -0.2) is 4.98 Å². The van der Waals surface area contributed by atoms with Gasteiger partial charge in [0.1, 0.15) is 5.82 Å². The molecule has 0 bridgehead atoms. The Hall–Kier alpha value is -3.99. The molecular weight excluding hydrogens is 417 g/mol. The van der Waals surface area contributed by atoms with Crippen LogP contribution in [0.4, 0.5) is 24.7 Å². The third-order valence-electron chi connectivity index (χ3n) is 4.70. The van der Waals surface area contributed by atoms with E-state index in [0.717, 1.165) is 28.8 Å². The Morgan fingerprint density at radius 2 is 1.94 bits per heavy atom. The molecule has 0 aliphatic carbocycles. The summed E-state index contributed by atoms with van der Waals surface area (Å²) in [4.78, 5) is 17.0. The van der Waals surface area contributed by atoms with E-state index in [2.05, 4.69) is 27.6 Å². The van der Waals surface area contributed by atoms with Crippen molar-refractivity contribution >= 4 is 17.4 Å². The number of hydrogen-bond acceptors (Lipinski definition) is 4. The van der Waals surface area contributed by atoms with Gasteiger partial charge in [-0.15, -0.1) is 0 Å². The van der Waals surface area contributed by atoms with E-state index < -0.39 is 17.6 Å². The number of aryl methyl sites for hydroxylation is 1. The minimum Gasteiger partial charge on any atom is -0.369 e. The Morgan fingerprint density at radius 1 is 1.16 bits per heavy atom. The van der Waals surface area contributed by atoms with Gasteiger partial charge in [0.15, 0.2) is 0 Å². The standard InChI is InChI=1S/C24H21F3N4O/c1-3-29-22-16(9-10-28)11-18(14-30-22)21-13-20(8-7-15(21)2)31-23(32)17-5-4-6-19(12-17)24(25,26)27/h4-8,11-14H,3,28H2,1-2H3,(H,29,30)(H,31,32). The first-order valence-corrected chi connectivity index (χ1v) is 9.78. The summed E-state index contributed by atoms with van der Waals surface area (Å²) in [5, 5.41) is 5.78. The predicted molar refractivity (Wildman–Crippen MR) is 119 cm³/mol. The summed E-state index contributed by atoms with van der Waals surface area (Å²) >= 11 is 0. The highest BCUT2D eigenvalue weighted by Gasteiger charge is 2.30. The second-order valence-corrected chi connectivity index (χ2v) is 6.98. The predicted octanol–water partition coefficient (Wildman–Crippen LogP) is 5.03. The van der Waals surface area contributed by atoms with Gasteiger partial charge in [0.05, 0.1) is 11.1 Å². The molecule has 0 saturated carbocycles. The van der Waals surface area contributed by atoms with Gasteiger partial charge < -0.3 is 16.4 Å². The maximum absolute atomic E-state index is 12.9. The molecule has 0 saturated heterocycles. The van der Waals surface area contributed by atoms with E-state index in [-0.39, 0.29) is 5.56 Å². The first-order chi connectivity index (χ1) is 15.2. The van der Waals surface area contributed by atoms with Crippen LogP contribution in [-0.2, 0) is 6.18 Å². The van der Waals surface area contributed by atoms with Gasteiger partial charge >= 0.3 is 6.18 Å². The van der Waals surface area contributed by atoms with Gasteiger partial charge in [-0.3, -0.25) is 4.79 Å². The average Bonchev–Trinajstić information content (AvgIpc) is 2.76. The van der Waals surface area contributed by atoms with Crippen LogP contribution >= 0.6 is 0 Å². The molecule has 0 spiro atoms. The molecule has 3 rings (SSSR count). The highest BCUT2D eigenvalue weighted by Crippen LogP contribution is 2.31. The fourth-order valence-corrected chi connectivity index (χ4v) is 3.14. The number of nitrogens with one attached hydrogen (secondary N) is 2. The summed E-state index contributed by atoms with van der Waals surface area (Å²) in [5.41, 5.74) is 7.97. The van der Waals surface area contributed by atoms with Gasteiger partial charge in [0.2, 0.25) is 0 Å². The van der Waals surface area contributed by atoms with Gasteiger partial charge in [-0.05, 0) is 67.3 Å². The monoisotopic (exact) mass is 438 g/mol. The van der Waals surface area contributed by atoms with Gasteiger partial charge in [0.25, 0.3) is 5.91 Å². The van der Waals surface area contributed by atoms with Crippen molar-refractivity contribution in [1.82, 2.24) is 4.98 Å². The van der Waals surface area contributed by atoms with Gasteiger partial charge in [-0.1, -0.05) is 12.1 Å². The minimum atomic E-state index is -4.52. The number of carbonyl (C=O) groups is 1. The van der Waals surface area contributed by atoms with Crippen LogP contribution in [0.1, 0.15) is 34.0 Å². The molecule has 0 unspecified atom stereocenters. The average molecular weight is 438 g/mol. The van der Waals surface area contributed by atoms with Gasteiger partial charge in [-0.2, -0.15) is 13.2 Å². The van der Waals surface area contributed by atoms with E-state index in [1.54, 1.807) is 18.3 Å². The first kappa shape index (κ1) is 22.7. The van der Waals surface area contributed by atoms with E-state index in [1.807, 2.05) is 26.0 Å². The van der Waals surface area contributed by atoms with Crippen LogP contribution in [0.2, 0.25) is 0 Å². The molecule has 32 heavy (non-hydrogen) atoms. The number of anilines is 2. The molecule has 1 amide bonds. The lowest BCUT2D eigenvalue weighted by molar-refractivity contribution is -0.137. The summed E-state index contributed by atoms with van der Waals surface area (Å²) < 4.78 is 38.8. The van der Waals surface area contributed by atoms with Crippen molar-refractivity contribution in [2.24, 2.45) is 5.73 Å². The first-order valence-electron chi connectivity index (χ1n) is 9.78. The summed E-state index contributed by atoms with van der Waals surface area (Å²) in [6.07, 6.45) is -2.84. The molecule has 0 radical (unpaired) electrons. The Labute approximate surface area is 183 Å². The van der Waals surface area contributed by atoms with Crippen LogP contribution in [0.15, 0.2) is 54.7 Å². The van der Waals surface area contributed by atoms with Crippen molar-refractivity contribution < 1.29 is 18.0 Å². The molecule has 2 aromatic carbocycles. The van der Waals surface area contributed by atoms with Crippen LogP contribution in [0.25, 0.3) is 11.1 Å². The molecule has 8 heteroatoms. The number of nitrogens with two attached hydrogens (primary N) is 1. The largest absolute Gasteiger partial charge is 0.416 e. The molecular formula is C24H21F3N4O. The van der Waals surface area contributed by atoms with Crippen molar-refractivity contribution in [3.05, 3.63) is 77.0 Å². The smallest absolute Gasteiger partial charge is 0.369 e. The van der Waals surface area contributed by atoms with E-state index in [0.29, 0.717) is 23.6 Å². The number of hydrogen-bond donors (Lipinski definition) is 3. The zero-order valence-corrected chi connectivity index (χ0v) is 17.5. The van der Waals surface area contributed by atoms with Crippen LogP contribution in [0.5, 0.6) is 0 Å². The van der Waals surface area contributed by atoms with Crippen molar-refractivity contribution in [3.8, 4) is 23.1 Å². The summed E-state index contributed by atoms with van der Waals surface area (Å²) in [5.74, 6) is 2.79. The molecule has 5 nitrogen and oxygen atoms in total. The van der Waals surface area contributed by atoms with Gasteiger partial charge in [0, 0.05) is 35.6 Å². The number of aromatic nitrogens is 1. The molecule has 1 aromatic heterocycles. The zero-order valence-electron chi connectivity index (χ0n) is 17.5. The Morgan fingerprint density at radius 3 is 2.62 bits per heavy atom. The number of nitrogens with zero attached hydrogens (tertiary/aromatic N) is 1. The summed E-state index contributed by atoms with van der Waals surface area (Å²) in [6.45, 7) is 4.51. The van der Waals surface area contributed by atoms with E-state index in [9.17, 15) is 18.0 Å². The quantitative estimate of drug-likeness (QED) is 0.386. The van der Waals surface area contributed by atoms with Crippen LogP contribution in [-0.4, -0.2) is 17.4 Å². The molecule has 4 N–H and O–H groups in total. The SMILES string of the molecule is CCNc1ncc(-c2cc(NC(=O)c3cccc(C(F)(F)F)c3)ccc2C)cc1C#CN. The number of carbonyl (C=O) groups excluding carboxylic acids is 1. The Balaban J connectivity index is 1.92. The topological polar surface area (TPSA) is 80.0 Å². The Kier molecular flexibility index (Phi) is 6.69. The molecule has 0 aliphatic heterocycles. The van der Waals surface area contributed by atoms with Crippen LogP contribution < -0.4 is 16.4 Å². The van der Waals surface area contributed by atoms with E-state index in [4.69, 9.17) is 5.73 Å². The fourth-order valence-electron chi connectivity index (χ4n) is 3.14. The molecule has 0 atom stereocenters. The van der Waals surface area contributed by atoms with E-state index in [1.165, 1.54) is 12.1 Å². The third kappa shape index (κ3) is 5.19. The Bertz CT molecular complexity index is 1210. The normalized spacial score (nSPS) is 10.8. The number of halogens is 3. The lowest BCUT2D eigenvalue weighted by atomic mass is 9.99. The van der Waals surface area contributed by atoms with Crippen LogP contribution in [0, 0.1) is 18.9 Å². The zero-order chi connectivity index (χ0) is 23.3. The molecule has 3 aromatic rings. The number of pyridine rings is 1. The minimum absolute atomic E-state index is 0.0842. The number of benzene rings is 2. The molecule has 0 aliphatic rings. The maximum atomic E-state index is 12.9. The number of alkyl halides is 3. The van der Waals surface area contributed by atoms with Crippen molar-refractivity contribution in [3.63, 3.8) is 0 Å². The lowest BCUT2D eigenvalue weighted by Crippen LogP contribution is -2.14. The van der Waals surface area contributed by atoms with E-state index >= 15 is 0 Å². The summed E-state index contributed by atoms with van der Waals surface area (Å²) in [7, 11) is 0. The highest BCUT2D eigenvalue weighted by atomic mass is 19.4. The van der Waals surface area contributed by atoms with Crippen molar-refractivity contribution in [2.45, 2.75) is 20.0 Å². The number of amides is 1. The second-order valence-electron chi connectivity index (χ2n) is 6.98. The maximum Gasteiger partial charge on any atom is 0.416 e. The third-order valence-corrected chi connectivity index (χ3v) is 4.70. The molecule has 0 fully saturated rings. The summed E-state index contributed by atoms with van der Waals surface area (Å²) in [6, 6.07) is 13.7. The number of rotatable bonds is 5. The highest BCUT2D eigenvalue weighted by molar-refractivity contribution is 6.04. The second kappa shape index (κ2) is 9.43. The molecule has 164 valence electrons.